The molecular formula is C18H17NO6S. The van der Waals surface area contributed by atoms with Crippen molar-refractivity contribution >= 4 is 21.8 Å². The van der Waals surface area contributed by atoms with E-state index < -0.39 is 27.8 Å². The minimum atomic E-state index is -4.05. The quantitative estimate of drug-likeness (QED) is 0.596. The van der Waals surface area contributed by atoms with Crippen molar-refractivity contribution < 1.29 is 27.5 Å². The summed E-state index contributed by atoms with van der Waals surface area (Å²) in [5.74, 6) is -0.904. The molecule has 0 radical (unpaired) electrons. The zero-order valence-electron chi connectivity index (χ0n) is 14.2. The van der Waals surface area contributed by atoms with Crippen molar-refractivity contribution in [2.24, 2.45) is 0 Å². The summed E-state index contributed by atoms with van der Waals surface area (Å²) in [6.45, 7) is -0.147. The zero-order chi connectivity index (χ0) is 18.9. The number of hydrogen-bond donors (Lipinski definition) is 0. The first kappa shape index (κ1) is 18.1. The predicted octanol–water partition coefficient (Wildman–Crippen LogP) is 1.62. The van der Waals surface area contributed by atoms with Gasteiger partial charge in [-0.3, -0.25) is 4.79 Å². The standard InChI is InChI=1S/C18H17NO6S/c1-24-13-9-7-12(8-10-13)11-19-16(18(21)25-2)17(20)14-5-3-4-6-15(14)26(19,22)23/h3-10,16H,11H2,1-2H3. The van der Waals surface area contributed by atoms with Crippen LogP contribution in [0.5, 0.6) is 5.75 Å². The first-order chi connectivity index (χ1) is 12.4. The molecule has 3 rings (SSSR count). The molecule has 0 saturated carbocycles. The van der Waals surface area contributed by atoms with E-state index in [0.717, 1.165) is 11.4 Å². The molecule has 0 spiro atoms. The highest BCUT2D eigenvalue weighted by Gasteiger charge is 2.47. The molecule has 1 heterocycles. The molecule has 7 nitrogen and oxygen atoms in total. The van der Waals surface area contributed by atoms with Gasteiger partial charge in [-0.1, -0.05) is 24.3 Å². The number of Topliss-reactive ketones (excluding diaryl/α,β-unsaturated/α-hetero) is 1. The number of carbonyl (C=O) groups excluding carboxylic acids is 2. The normalized spacial score (nSPS) is 18.8. The molecule has 26 heavy (non-hydrogen) atoms. The Labute approximate surface area is 151 Å². The van der Waals surface area contributed by atoms with Crippen molar-refractivity contribution in [3.05, 3.63) is 59.7 Å². The second-order valence-corrected chi connectivity index (χ2v) is 7.54. The van der Waals surface area contributed by atoms with Gasteiger partial charge in [0, 0.05) is 12.1 Å². The molecule has 0 saturated heterocycles. The fourth-order valence-corrected chi connectivity index (χ4v) is 4.59. The van der Waals surface area contributed by atoms with E-state index in [1.165, 1.54) is 25.3 Å². The average Bonchev–Trinajstić information content (AvgIpc) is 2.66. The van der Waals surface area contributed by atoms with E-state index in [4.69, 9.17) is 4.74 Å². The van der Waals surface area contributed by atoms with E-state index in [0.29, 0.717) is 11.3 Å². The number of ether oxygens (including phenoxy) is 2. The molecule has 0 amide bonds. The highest BCUT2D eigenvalue weighted by atomic mass is 32.2. The molecule has 1 unspecified atom stereocenters. The van der Waals surface area contributed by atoms with Crippen LogP contribution in [0, 0.1) is 0 Å². The second-order valence-electron chi connectivity index (χ2n) is 5.68. The zero-order valence-corrected chi connectivity index (χ0v) is 15.0. The SMILES string of the molecule is COC(=O)C1C(=O)c2ccccc2S(=O)(=O)N1Cc1ccc(OC)cc1. The third-order valence-electron chi connectivity index (χ3n) is 4.20. The van der Waals surface area contributed by atoms with E-state index in [2.05, 4.69) is 4.74 Å². The summed E-state index contributed by atoms with van der Waals surface area (Å²) >= 11 is 0. The predicted molar refractivity (Wildman–Crippen MR) is 92.3 cm³/mol. The molecule has 0 aromatic heterocycles. The van der Waals surface area contributed by atoms with Gasteiger partial charge in [0.15, 0.2) is 11.8 Å². The molecule has 1 atom stereocenters. The van der Waals surface area contributed by atoms with E-state index in [-0.39, 0.29) is 17.0 Å². The summed E-state index contributed by atoms with van der Waals surface area (Å²) in [4.78, 5) is 24.9. The Bertz CT molecular complexity index is 952. The maximum Gasteiger partial charge on any atom is 0.332 e. The molecule has 0 N–H and O–H groups in total. The van der Waals surface area contributed by atoms with Crippen molar-refractivity contribution in [1.82, 2.24) is 4.31 Å². The third kappa shape index (κ3) is 2.97. The van der Waals surface area contributed by atoms with Gasteiger partial charge in [-0.15, -0.1) is 0 Å². The Balaban J connectivity index is 2.09. The van der Waals surface area contributed by atoms with Crippen molar-refractivity contribution in [3.8, 4) is 5.75 Å². The molecule has 8 heteroatoms. The highest BCUT2D eigenvalue weighted by Crippen LogP contribution is 2.32. The fourth-order valence-electron chi connectivity index (χ4n) is 2.86. The molecule has 2 aromatic rings. The van der Waals surface area contributed by atoms with Gasteiger partial charge in [-0.2, -0.15) is 4.31 Å². The minimum Gasteiger partial charge on any atom is -0.497 e. The Morgan fingerprint density at radius 2 is 1.73 bits per heavy atom. The summed E-state index contributed by atoms with van der Waals surface area (Å²) in [6.07, 6.45) is 0. The van der Waals surface area contributed by atoms with Crippen LogP contribution in [0.25, 0.3) is 0 Å². The molecule has 1 aliphatic heterocycles. The molecular weight excluding hydrogens is 358 g/mol. The van der Waals surface area contributed by atoms with Crippen LogP contribution in [-0.2, 0) is 26.1 Å². The maximum absolute atomic E-state index is 13.0. The van der Waals surface area contributed by atoms with Gasteiger partial charge in [0.25, 0.3) is 0 Å². The fraction of sp³-hybridized carbons (Fsp3) is 0.222. The molecule has 136 valence electrons. The van der Waals surface area contributed by atoms with Gasteiger partial charge >= 0.3 is 5.97 Å². The molecule has 2 aromatic carbocycles. The molecule has 0 fully saturated rings. The van der Waals surface area contributed by atoms with Crippen LogP contribution in [0.4, 0.5) is 0 Å². The van der Waals surface area contributed by atoms with E-state index >= 15 is 0 Å². The van der Waals surface area contributed by atoms with Crippen molar-refractivity contribution in [1.29, 1.82) is 0 Å². The number of ketones is 1. The van der Waals surface area contributed by atoms with Crippen LogP contribution in [-0.4, -0.2) is 44.7 Å². The Hall–Kier alpha value is -2.71. The van der Waals surface area contributed by atoms with Crippen molar-refractivity contribution in [2.75, 3.05) is 14.2 Å². The smallest absolute Gasteiger partial charge is 0.332 e. The number of hydrogen-bond acceptors (Lipinski definition) is 6. The van der Waals surface area contributed by atoms with Crippen LogP contribution >= 0.6 is 0 Å². The molecule has 1 aliphatic rings. The van der Waals surface area contributed by atoms with Gasteiger partial charge < -0.3 is 9.47 Å². The lowest BCUT2D eigenvalue weighted by atomic mass is 10.0. The van der Waals surface area contributed by atoms with Crippen LogP contribution in [0.1, 0.15) is 15.9 Å². The number of benzene rings is 2. The topological polar surface area (TPSA) is 90.0 Å². The van der Waals surface area contributed by atoms with Gasteiger partial charge in [0.1, 0.15) is 5.75 Å². The van der Waals surface area contributed by atoms with Crippen LogP contribution in [0.2, 0.25) is 0 Å². The largest absolute Gasteiger partial charge is 0.497 e. The van der Waals surface area contributed by atoms with E-state index in [1.54, 1.807) is 30.3 Å². The van der Waals surface area contributed by atoms with Gasteiger partial charge in [-0.05, 0) is 29.8 Å². The summed E-state index contributed by atoms with van der Waals surface area (Å²) < 4.78 is 36.7. The summed E-state index contributed by atoms with van der Waals surface area (Å²) in [5.41, 5.74) is 0.601. The Morgan fingerprint density at radius 1 is 1.08 bits per heavy atom. The number of methoxy groups -OCH3 is 2. The Morgan fingerprint density at radius 3 is 2.35 bits per heavy atom. The van der Waals surface area contributed by atoms with Crippen molar-refractivity contribution in [2.45, 2.75) is 17.5 Å². The van der Waals surface area contributed by atoms with E-state index in [1.807, 2.05) is 0 Å². The first-order valence-electron chi connectivity index (χ1n) is 7.76. The summed E-state index contributed by atoms with van der Waals surface area (Å²) in [6, 6.07) is 11.0. The lowest BCUT2D eigenvalue weighted by Crippen LogP contribution is -2.53. The van der Waals surface area contributed by atoms with Gasteiger partial charge in [-0.25, -0.2) is 13.2 Å². The summed E-state index contributed by atoms with van der Waals surface area (Å²) in [5, 5.41) is 0. The molecule has 0 bridgehead atoms. The number of fused-ring (bicyclic) bond motifs is 1. The second kappa shape index (κ2) is 6.89. The van der Waals surface area contributed by atoms with E-state index in [9.17, 15) is 18.0 Å². The average molecular weight is 375 g/mol. The monoisotopic (exact) mass is 375 g/mol. The third-order valence-corrected chi connectivity index (χ3v) is 6.07. The maximum atomic E-state index is 13.0. The van der Waals surface area contributed by atoms with Gasteiger partial charge in [0.2, 0.25) is 10.0 Å². The van der Waals surface area contributed by atoms with Crippen LogP contribution in [0.3, 0.4) is 0 Å². The molecule has 0 aliphatic carbocycles. The van der Waals surface area contributed by atoms with Gasteiger partial charge in [0.05, 0.1) is 19.1 Å². The van der Waals surface area contributed by atoms with Crippen LogP contribution < -0.4 is 4.74 Å². The number of carbonyl (C=O) groups is 2. The Kier molecular flexibility index (Phi) is 4.80. The number of rotatable bonds is 4. The van der Waals surface area contributed by atoms with Crippen molar-refractivity contribution in [3.63, 3.8) is 0 Å². The number of sulfonamides is 1. The number of nitrogens with zero attached hydrogens (tertiary/aromatic N) is 1. The van der Waals surface area contributed by atoms with Crippen LogP contribution in [0.15, 0.2) is 53.4 Å². The lowest BCUT2D eigenvalue weighted by Gasteiger charge is -2.33. The summed E-state index contributed by atoms with van der Waals surface area (Å²) in [7, 11) is -1.41. The lowest BCUT2D eigenvalue weighted by molar-refractivity contribution is -0.143. The highest BCUT2D eigenvalue weighted by molar-refractivity contribution is 7.89. The minimum absolute atomic E-state index is 0.00567. The number of esters is 1. The first-order valence-corrected chi connectivity index (χ1v) is 9.20.